The largest absolute Gasteiger partial charge is 0.370 e. The molecule has 0 amide bonds. The van der Waals surface area contributed by atoms with Gasteiger partial charge >= 0.3 is 0 Å². The maximum Gasteiger partial charge on any atom is 0.188 e. The van der Waals surface area contributed by atoms with E-state index in [2.05, 4.69) is 24.2 Å². The molecular weight excluding hydrogens is 210 g/mol. The maximum atomic E-state index is 5.91. The lowest BCUT2D eigenvalue weighted by molar-refractivity contribution is 0.0115. The molecule has 0 aliphatic heterocycles. The van der Waals surface area contributed by atoms with E-state index in [0.717, 1.165) is 19.0 Å². The van der Waals surface area contributed by atoms with Crippen LogP contribution in [0.5, 0.6) is 0 Å². The van der Waals surface area contributed by atoms with E-state index in [0.29, 0.717) is 17.3 Å². The van der Waals surface area contributed by atoms with Crippen molar-refractivity contribution in [1.82, 2.24) is 5.32 Å². The molecule has 0 aromatic carbocycles. The Morgan fingerprint density at radius 2 is 2.06 bits per heavy atom. The third-order valence-corrected chi connectivity index (χ3v) is 4.58. The van der Waals surface area contributed by atoms with Crippen molar-refractivity contribution in [2.75, 3.05) is 13.1 Å². The molecule has 0 spiro atoms. The van der Waals surface area contributed by atoms with Gasteiger partial charge < -0.3 is 11.1 Å². The first-order valence-electron chi connectivity index (χ1n) is 7.16. The average molecular weight is 237 g/mol. The van der Waals surface area contributed by atoms with Gasteiger partial charge in [-0.25, -0.2) is 0 Å². The predicted octanol–water partition coefficient (Wildman–Crippen LogP) is 2.52. The van der Waals surface area contributed by atoms with Crippen LogP contribution < -0.4 is 11.1 Å². The fourth-order valence-electron chi connectivity index (χ4n) is 2.95. The summed E-state index contributed by atoms with van der Waals surface area (Å²) in [5.41, 5.74) is 6.44. The second-order valence-electron chi connectivity index (χ2n) is 6.32. The van der Waals surface area contributed by atoms with Crippen LogP contribution in [0.15, 0.2) is 4.99 Å². The Balaban J connectivity index is 1.80. The summed E-state index contributed by atoms with van der Waals surface area (Å²) in [6.07, 6.45) is 8.42. The van der Waals surface area contributed by atoms with E-state index < -0.39 is 0 Å². The van der Waals surface area contributed by atoms with Gasteiger partial charge in [-0.3, -0.25) is 4.99 Å². The molecule has 0 atom stereocenters. The van der Waals surface area contributed by atoms with Crippen molar-refractivity contribution in [1.29, 1.82) is 0 Å². The van der Waals surface area contributed by atoms with Crippen molar-refractivity contribution in [3.05, 3.63) is 0 Å². The number of aliphatic imine (C=N–C) groups is 1. The third kappa shape index (κ3) is 2.93. The van der Waals surface area contributed by atoms with Crippen LogP contribution >= 0.6 is 0 Å². The molecular formula is C14H27N3. The summed E-state index contributed by atoms with van der Waals surface area (Å²) < 4.78 is 0. The molecule has 2 fully saturated rings. The second-order valence-corrected chi connectivity index (χ2v) is 6.32. The van der Waals surface area contributed by atoms with Gasteiger partial charge in [-0.15, -0.1) is 0 Å². The smallest absolute Gasteiger partial charge is 0.188 e. The van der Waals surface area contributed by atoms with Crippen molar-refractivity contribution in [3.8, 4) is 0 Å². The standard InChI is InChI=1S/C14H27N3/c1-11(2)9-16-13(15)17-10-14(7-4-8-14)12-5-3-6-12/h11-12H,3-10H2,1-2H3,(H3,15,16,17). The molecule has 0 heterocycles. The van der Waals surface area contributed by atoms with Gasteiger partial charge in [-0.05, 0) is 42.9 Å². The van der Waals surface area contributed by atoms with Crippen LogP contribution in [0, 0.1) is 17.3 Å². The third-order valence-electron chi connectivity index (χ3n) is 4.58. The number of hydrogen-bond acceptors (Lipinski definition) is 1. The Morgan fingerprint density at radius 1 is 1.35 bits per heavy atom. The first-order valence-corrected chi connectivity index (χ1v) is 7.16. The minimum Gasteiger partial charge on any atom is -0.370 e. The van der Waals surface area contributed by atoms with E-state index in [-0.39, 0.29) is 0 Å². The normalized spacial score (nSPS) is 24.3. The maximum absolute atomic E-state index is 5.91. The topological polar surface area (TPSA) is 50.4 Å². The average Bonchev–Trinajstić information content (AvgIpc) is 2.15. The summed E-state index contributed by atoms with van der Waals surface area (Å²) in [6, 6.07) is 0. The molecule has 0 aromatic rings. The molecule has 0 unspecified atom stereocenters. The molecule has 2 saturated carbocycles. The lowest BCUT2D eigenvalue weighted by Gasteiger charge is -2.51. The van der Waals surface area contributed by atoms with Gasteiger partial charge in [-0.2, -0.15) is 0 Å². The second kappa shape index (κ2) is 5.28. The molecule has 3 nitrogen and oxygen atoms in total. The minimum atomic E-state index is 0.530. The monoisotopic (exact) mass is 237 g/mol. The Bertz CT molecular complexity index is 275. The highest BCUT2D eigenvalue weighted by Gasteiger charge is 2.45. The van der Waals surface area contributed by atoms with Gasteiger partial charge in [0.1, 0.15) is 0 Å². The fraction of sp³-hybridized carbons (Fsp3) is 0.929. The van der Waals surface area contributed by atoms with Crippen LogP contribution in [-0.4, -0.2) is 19.0 Å². The minimum absolute atomic E-state index is 0.530. The molecule has 0 radical (unpaired) electrons. The summed E-state index contributed by atoms with van der Waals surface area (Å²) in [6.45, 7) is 6.24. The van der Waals surface area contributed by atoms with Crippen molar-refractivity contribution < 1.29 is 0 Å². The van der Waals surface area contributed by atoms with E-state index in [1.807, 2.05) is 0 Å². The van der Waals surface area contributed by atoms with Gasteiger partial charge in [0.2, 0.25) is 0 Å². The summed E-state index contributed by atoms with van der Waals surface area (Å²) in [5, 5.41) is 3.21. The highest BCUT2D eigenvalue weighted by atomic mass is 15.1. The van der Waals surface area contributed by atoms with Crippen molar-refractivity contribution in [2.24, 2.45) is 28.0 Å². The van der Waals surface area contributed by atoms with E-state index in [1.54, 1.807) is 0 Å². The van der Waals surface area contributed by atoms with Crippen LogP contribution in [0.2, 0.25) is 0 Å². The van der Waals surface area contributed by atoms with E-state index in [9.17, 15) is 0 Å². The lowest BCUT2D eigenvalue weighted by Crippen LogP contribution is -2.44. The van der Waals surface area contributed by atoms with E-state index in [1.165, 1.54) is 38.5 Å². The molecule has 2 aliphatic carbocycles. The summed E-state index contributed by atoms with van der Waals surface area (Å²) in [7, 11) is 0. The van der Waals surface area contributed by atoms with Crippen molar-refractivity contribution >= 4 is 5.96 Å². The quantitative estimate of drug-likeness (QED) is 0.570. The SMILES string of the molecule is CC(C)CNC(N)=NCC1(C2CCC2)CCC1. The number of nitrogens with two attached hydrogens (primary N) is 1. The van der Waals surface area contributed by atoms with E-state index in [4.69, 9.17) is 5.73 Å². The molecule has 0 saturated heterocycles. The molecule has 3 N–H and O–H groups in total. The molecule has 3 heteroatoms. The zero-order chi connectivity index (χ0) is 12.3. The Morgan fingerprint density at radius 3 is 2.47 bits per heavy atom. The highest BCUT2D eigenvalue weighted by molar-refractivity contribution is 5.77. The summed E-state index contributed by atoms with van der Waals surface area (Å²) in [5.74, 6) is 2.20. The molecule has 17 heavy (non-hydrogen) atoms. The molecule has 98 valence electrons. The number of nitrogens with zero attached hydrogens (tertiary/aromatic N) is 1. The number of rotatable bonds is 5. The summed E-state index contributed by atoms with van der Waals surface area (Å²) in [4.78, 5) is 4.58. The first-order chi connectivity index (χ1) is 8.12. The Kier molecular flexibility index (Phi) is 3.95. The Labute approximate surface area is 105 Å². The number of hydrogen-bond donors (Lipinski definition) is 2. The van der Waals surface area contributed by atoms with Crippen LogP contribution in [0.25, 0.3) is 0 Å². The number of nitrogens with one attached hydrogen (secondary N) is 1. The van der Waals surface area contributed by atoms with Crippen LogP contribution in [0.1, 0.15) is 52.4 Å². The lowest BCUT2D eigenvalue weighted by atomic mass is 9.55. The van der Waals surface area contributed by atoms with Gasteiger partial charge in [0, 0.05) is 13.1 Å². The van der Waals surface area contributed by atoms with Crippen molar-refractivity contribution in [3.63, 3.8) is 0 Å². The van der Waals surface area contributed by atoms with Gasteiger partial charge in [0.05, 0.1) is 0 Å². The highest BCUT2D eigenvalue weighted by Crippen LogP contribution is 2.54. The summed E-state index contributed by atoms with van der Waals surface area (Å²) >= 11 is 0. The number of guanidine groups is 1. The fourth-order valence-corrected chi connectivity index (χ4v) is 2.95. The predicted molar refractivity (Wildman–Crippen MR) is 73.0 cm³/mol. The van der Waals surface area contributed by atoms with E-state index >= 15 is 0 Å². The zero-order valence-corrected chi connectivity index (χ0v) is 11.3. The van der Waals surface area contributed by atoms with Crippen LogP contribution in [0.4, 0.5) is 0 Å². The molecule has 0 bridgehead atoms. The zero-order valence-electron chi connectivity index (χ0n) is 11.3. The Hall–Kier alpha value is -0.730. The molecule has 2 rings (SSSR count). The van der Waals surface area contributed by atoms with Crippen LogP contribution in [-0.2, 0) is 0 Å². The van der Waals surface area contributed by atoms with Crippen molar-refractivity contribution in [2.45, 2.75) is 52.4 Å². The van der Waals surface area contributed by atoms with Gasteiger partial charge in [0.15, 0.2) is 5.96 Å². The first kappa shape index (κ1) is 12.7. The van der Waals surface area contributed by atoms with Gasteiger partial charge in [-0.1, -0.05) is 26.7 Å². The molecule has 0 aromatic heterocycles. The van der Waals surface area contributed by atoms with Gasteiger partial charge in [0.25, 0.3) is 0 Å². The van der Waals surface area contributed by atoms with Crippen LogP contribution in [0.3, 0.4) is 0 Å². The molecule has 2 aliphatic rings.